The molecule has 3 rings (SSSR count). The summed E-state index contributed by atoms with van der Waals surface area (Å²) in [6.07, 6.45) is 2.48. The van der Waals surface area contributed by atoms with Crippen LogP contribution in [0.15, 0.2) is 0 Å². The first-order valence-electron chi connectivity index (χ1n) is 10.2. The Hall–Kier alpha value is -1.14. The van der Waals surface area contributed by atoms with E-state index in [1.54, 1.807) is 7.11 Å². The minimum Gasteiger partial charge on any atom is -0.383 e. The first-order chi connectivity index (χ1) is 12.4. The second-order valence-electron chi connectivity index (χ2n) is 8.63. The van der Waals surface area contributed by atoms with Gasteiger partial charge in [0, 0.05) is 58.7 Å². The molecule has 3 saturated heterocycles. The fraction of sp³-hybridized carbons (Fsp3) is 0.900. The van der Waals surface area contributed by atoms with Crippen LogP contribution in [0.5, 0.6) is 0 Å². The fourth-order valence-corrected chi connectivity index (χ4v) is 5.44. The van der Waals surface area contributed by atoms with E-state index in [4.69, 9.17) is 4.74 Å². The highest BCUT2D eigenvalue weighted by Gasteiger charge is 2.61. The van der Waals surface area contributed by atoms with Crippen LogP contribution in [0.2, 0.25) is 0 Å². The minimum absolute atomic E-state index is 0.0487. The Morgan fingerprint density at radius 3 is 2.54 bits per heavy atom. The molecule has 2 amide bonds. The van der Waals surface area contributed by atoms with Gasteiger partial charge in [-0.15, -0.1) is 0 Å². The Morgan fingerprint density at radius 1 is 1.27 bits per heavy atom. The topological polar surface area (TPSA) is 53.1 Å². The number of ether oxygens (including phenoxy) is 1. The molecule has 0 unspecified atom stereocenters. The van der Waals surface area contributed by atoms with Crippen molar-refractivity contribution in [1.82, 2.24) is 14.7 Å². The molecule has 26 heavy (non-hydrogen) atoms. The van der Waals surface area contributed by atoms with E-state index in [0.29, 0.717) is 24.2 Å². The van der Waals surface area contributed by atoms with Crippen LogP contribution in [-0.2, 0) is 14.3 Å². The van der Waals surface area contributed by atoms with E-state index in [9.17, 15) is 9.59 Å². The van der Waals surface area contributed by atoms with Crippen LogP contribution in [0.4, 0.5) is 0 Å². The van der Waals surface area contributed by atoms with Crippen molar-refractivity contribution in [3.05, 3.63) is 0 Å². The summed E-state index contributed by atoms with van der Waals surface area (Å²) in [5, 5.41) is 0. The number of likely N-dealkylation sites (tertiary alicyclic amines) is 3. The third-order valence-corrected chi connectivity index (χ3v) is 6.70. The number of piperidine rings is 1. The van der Waals surface area contributed by atoms with Crippen molar-refractivity contribution >= 4 is 11.8 Å². The monoisotopic (exact) mass is 365 g/mol. The van der Waals surface area contributed by atoms with E-state index in [2.05, 4.69) is 30.6 Å². The van der Waals surface area contributed by atoms with E-state index in [1.165, 1.54) is 0 Å². The number of hydrogen-bond acceptors (Lipinski definition) is 4. The summed E-state index contributed by atoms with van der Waals surface area (Å²) in [6, 6.07) is 0. The quantitative estimate of drug-likeness (QED) is 0.715. The van der Waals surface area contributed by atoms with E-state index in [0.717, 1.165) is 58.7 Å². The van der Waals surface area contributed by atoms with E-state index in [-0.39, 0.29) is 17.4 Å². The molecule has 0 aromatic rings. The second kappa shape index (κ2) is 7.85. The van der Waals surface area contributed by atoms with Gasteiger partial charge in [-0.05, 0) is 25.7 Å². The van der Waals surface area contributed by atoms with Gasteiger partial charge in [0.1, 0.15) is 0 Å². The van der Waals surface area contributed by atoms with Crippen LogP contribution in [0.25, 0.3) is 0 Å². The van der Waals surface area contributed by atoms with Crippen LogP contribution in [0, 0.1) is 17.8 Å². The summed E-state index contributed by atoms with van der Waals surface area (Å²) in [5.74, 6) is 1.53. The molecular formula is C20H35N3O3. The summed E-state index contributed by atoms with van der Waals surface area (Å²) in [6.45, 7) is 12.1. The van der Waals surface area contributed by atoms with Crippen LogP contribution < -0.4 is 0 Å². The zero-order valence-electron chi connectivity index (χ0n) is 16.9. The molecule has 2 atom stereocenters. The maximum atomic E-state index is 13.1. The number of hydrogen-bond donors (Lipinski definition) is 0. The Kier molecular flexibility index (Phi) is 5.92. The summed E-state index contributed by atoms with van der Waals surface area (Å²) >= 11 is 0. The average Bonchev–Trinajstić information content (AvgIpc) is 3.12. The summed E-state index contributed by atoms with van der Waals surface area (Å²) in [7, 11) is 1.73. The number of fused-ring (bicyclic) bond motifs is 2. The van der Waals surface area contributed by atoms with Crippen LogP contribution >= 0.6 is 0 Å². The molecule has 0 aliphatic carbocycles. The lowest BCUT2D eigenvalue weighted by Crippen LogP contribution is -2.58. The number of amides is 2. The maximum Gasteiger partial charge on any atom is 0.227 e. The third-order valence-electron chi connectivity index (χ3n) is 6.70. The summed E-state index contributed by atoms with van der Waals surface area (Å²) in [4.78, 5) is 32.1. The lowest BCUT2D eigenvalue weighted by Gasteiger charge is -2.48. The van der Waals surface area contributed by atoms with Gasteiger partial charge < -0.3 is 14.5 Å². The predicted octanol–water partition coefficient (Wildman–Crippen LogP) is 1.45. The molecule has 0 bridgehead atoms. The minimum atomic E-state index is -0.0487. The van der Waals surface area contributed by atoms with Gasteiger partial charge in [0.2, 0.25) is 11.8 Å². The molecular weight excluding hydrogens is 330 g/mol. The zero-order valence-corrected chi connectivity index (χ0v) is 16.9. The highest BCUT2D eigenvalue weighted by molar-refractivity contribution is 5.84. The Balaban J connectivity index is 1.71. The number of nitrogens with zero attached hydrogens (tertiary/aromatic N) is 3. The molecule has 3 aliphatic heterocycles. The summed E-state index contributed by atoms with van der Waals surface area (Å²) in [5.41, 5.74) is -0.0487. The molecule has 3 aliphatic rings. The van der Waals surface area contributed by atoms with Crippen molar-refractivity contribution < 1.29 is 14.3 Å². The highest BCUT2D eigenvalue weighted by Crippen LogP contribution is 2.49. The Labute approximate surface area is 157 Å². The smallest absolute Gasteiger partial charge is 0.227 e. The number of carbonyl (C=O) groups is 2. The first-order valence-corrected chi connectivity index (χ1v) is 10.2. The van der Waals surface area contributed by atoms with Crippen molar-refractivity contribution in [3.8, 4) is 0 Å². The molecule has 0 aromatic heterocycles. The van der Waals surface area contributed by atoms with Crippen molar-refractivity contribution in [3.63, 3.8) is 0 Å². The molecule has 6 nitrogen and oxygen atoms in total. The van der Waals surface area contributed by atoms with Crippen molar-refractivity contribution in [2.24, 2.45) is 17.8 Å². The van der Waals surface area contributed by atoms with Gasteiger partial charge in [-0.25, -0.2) is 0 Å². The lowest BCUT2D eigenvalue weighted by atomic mass is 9.74. The van der Waals surface area contributed by atoms with Gasteiger partial charge in [-0.3, -0.25) is 14.5 Å². The van der Waals surface area contributed by atoms with Gasteiger partial charge in [-0.1, -0.05) is 13.8 Å². The normalized spacial score (nSPS) is 28.4. The van der Waals surface area contributed by atoms with E-state index >= 15 is 0 Å². The SMILES string of the molecule is CCN1C(=O)[C@@H]2CN(CCOC)C[C@@H]2C12CCN(C(=O)CC(C)C)CC2. The molecule has 3 heterocycles. The van der Waals surface area contributed by atoms with Gasteiger partial charge >= 0.3 is 0 Å². The molecule has 148 valence electrons. The molecule has 0 N–H and O–H groups in total. The largest absolute Gasteiger partial charge is 0.383 e. The molecule has 0 saturated carbocycles. The van der Waals surface area contributed by atoms with Gasteiger partial charge in [0.15, 0.2) is 0 Å². The Morgan fingerprint density at radius 2 is 1.96 bits per heavy atom. The van der Waals surface area contributed by atoms with Crippen LogP contribution in [0.1, 0.15) is 40.0 Å². The highest BCUT2D eigenvalue weighted by atomic mass is 16.5. The first kappa shape index (κ1) is 19.6. The van der Waals surface area contributed by atoms with E-state index in [1.807, 2.05) is 4.90 Å². The van der Waals surface area contributed by atoms with E-state index < -0.39 is 0 Å². The fourth-order valence-electron chi connectivity index (χ4n) is 5.44. The average molecular weight is 366 g/mol. The van der Waals surface area contributed by atoms with Gasteiger partial charge in [0.05, 0.1) is 18.1 Å². The molecule has 3 fully saturated rings. The lowest BCUT2D eigenvalue weighted by molar-refractivity contribution is -0.138. The molecule has 6 heteroatoms. The molecule has 1 spiro atoms. The van der Waals surface area contributed by atoms with Crippen LogP contribution in [0.3, 0.4) is 0 Å². The van der Waals surface area contributed by atoms with Crippen molar-refractivity contribution in [2.75, 3.05) is 53.0 Å². The third kappa shape index (κ3) is 3.38. The predicted molar refractivity (Wildman–Crippen MR) is 101 cm³/mol. The standard InChI is InChI=1S/C20H35N3O3/c1-5-23-19(25)16-13-21(10-11-26-4)14-17(16)20(23)6-8-22(9-7-20)18(24)12-15(2)3/h15-17H,5-14H2,1-4H3/t16-,17+/m1/s1. The Bertz CT molecular complexity index is 528. The van der Waals surface area contributed by atoms with Gasteiger partial charge in [0.25, 0.3) is 0 Å². The molecule has 0 radical (unpaired) electrons. The number of rotatable bonds is 6. The van der Waals surface area contributed by atoms with Gasteiger partial charge in [-0.2, -0.15) is 0 Å². The van der Waals surface area contributed by atoms with Crippen molar-refractivity contribution in [1.29, 1.82) is 0 Å². The van der Waals surface area contributed by atoms with Crippen molar-refractivity contribution in [2.45, 2.75) is 45.6 Å². The summed E-state index contributed by atoms with van der Waals surface area (Å²) < 4.78 is 5.22. The second-order valence-corrected chi connectivity index (χ2v) is 8.63. The molecule has 0 aromatic carbocycles. The maximum absolute atomic E-state index is 13.1. The number of methoxy groups -OCH3 is 1. The van der Waals surface area contributed by atoms with Crippen LogP contribution in [-0.4, -0.2) is 85.0 Å². The number of carbonyl (C=O) groups excluding carboxylic acids is 2. The zero-order chi connectivity index (χ0) is 18.9.